The van der Waals surface area contributed by atoms with Crippen LogP contribution < -0.4 is 10.2 Å². The summed E-state index contributed by atoms with van der Waals surface area (Å²) in [5, 5.41) is 5.16. The highest BCUT2D eigenvalue weighted by atomic mass is 32.2. The lowest BCUT2D eigenvalue weighted by molar-refractivity contribution is -0.115. The maximum absolute atomic E-state index is 12.3. The van der Waals surface area contributed by atoms with E-state index in [0.29, 0.717) is 6.42 Å². The van der Waals surface area contributed by atoms with Crippen molar-refractivity contribution in [2.45, 2.75) is 25.7 Å². The Labute approximate surface area is 160 Å². The number of piperidine rings is 1. The highest BCUT2D eigenvalue weighted by Crippen LogP contribution is 2.28. The summed E-state index contributed by atoms with van der Waals surface area (Å²) in [5.74, 6) is 0.858. The molecule has 3 nitrogen and oxygen atoms in total. The first-order chi connectivity index (χ1) is 12.8. The van der Waals surface area contributed by atoms with E-state index in [-0.39, 0.29) is 5.91 Å². The van der Waals surface area contributed by atoms with Gasteiger partial charge in [0.05, 0.1) is 11.4 Å². The number of nitrogens with one attached hydrogen (secondary N) is 1. The molecule has 1 heterocycles. The Hall–Kier alpha value is -2.20. The smallest absolute Gasteiger partial charge is 0.225 e. The van der Waals surface area contributed by atoms with E-state index in [0.717, 1.165) is 30.2 Å². The Balaban J connectivity index is 1.47. The molecule has 0 radical (unpaired) electrons. The van der Waals surface area contributed by atoms with E-state index in [1.165, 1.54) is 24.8 Å². The minimum atomic E-state index is 0.0788. The molecule has 26 heavy (non-hydrogen) atoms. The van der Waals surface area contributed by atoms with E-state index in [1.807, 2.05) is 36.4 Å². The van der Waals surface area contributed by atoms with Crippen molar-refractivity contribution in [3.05, 3.63) is 65.6 Å². The van der Waals surface area contributed by atoms with Crippen molar-refractivity contribution < 1.29 is 4.79 Å². The van der Waals surface area contributed by atoms with Crippen molar-refractivity contribution in [3.8, 4) is 0 Å². The number of hydrogen-bond donors (Lipinski definition) is 1. The minimum absolute atomic E-state index is 0.0788. The Kier molecular flexibility index (Phi) is 7.20. The number of carbonyl (C=O) groups is 1. The summed E-state index contributed by atoms with van der Waals surface area (Å²) >= 11 is 1.67. The largest absolute Gasteiger partial charge is 0.370 e. The third-order valence-electron chi connectivity index (χ3n) is 4.48. The molecule has 0 spiro atoms. The minimum Gasteiger partial charge on any atom is -0.370 e. The summed E-state index contributed by atoms with van der Waals surface area (Å²) in [6.45, 7) is 2.15. The van der Waals surface area contributed by atoms with Crippen LogP contribution in [0.3, 0.4) is 0 Å². The van der Waals surface area contributed by atoms with Crippen molar-refractivity contribution >= 4 is 35.1 Å². The SMILES string of the molecule is O=C(CCSC=Cc1ccccc1)Nc1ccccc1N1CCCCC1. The topological polar surface area (TPSA) is 32.3 Å². The van der Waals surface area contributed by atoms with E-state index < -0.39 is 0 Å². The summed E-state index contributed by atoms with van der Waals surface area (Å²) in [6.07, 6.45) is 6.35. The monoisotopic (exact) mass is 366 g/mol. The Bertz CT molecular complexity index is 724. The van der Waals surface area contributed by atoms with E-state index in [2.05, 4.69) is 39.9 Å². The standard InChI is InChI=1S/C22H26N2OS/c25-22(14-18-26-17-13-19-9-3-1-4-10-19)23-20-11-5-6-12-21(20)24-15-7-2-8-16-24/h1,3-6,9-13,17H,2,7-8,14-16,18H2,(H,23,25). The zero-order valence-electron chi connectivity index (χ0n) is 15.1. The van der Waals surface area contributed by atoms with Gasteiger partial charge in [0.15, 0.2) is 0 Å². The number of benzene rings is 2. The summed E-state index contributed by atoms with van der Waals surface area (Å²) in [7, 11) is 0. The quantitative estimate of drug-likeness (QED) is 0.665. The fraction of sp³-hybridized carbons (Fsp3) is 0.318. The maximum atomic E-state index is 12.3. The van der Waals surface area contributed by atoms with Crippen LogP contribution in [0.1, 0.15) is 31.2 Å². The third kappa shape index (κ3) is 5.67. The number of thioether (sulfide) groups is 1. The van der Waals surface area contributed by atoms with Gasteiger partial charge >= 0.3 is 0 Å². The van der Waals surface area contributed by atoms with E-state index in [1.54, 1.807) is 11.8 Å². The molecule has 4 heteroatoms. The van der Waals surface area contributed by atoms with Crippen LogP contribution in [0, 0.1) is 0 Å². The highest BCUT2D eigenvalue weighted by Gasteiger charge is 2.15. The lowest BCUT2D eigenvalue weighted by Gasteiger charge is -2.30. The summed E-state index contributed by atoms with van der Waals surface area (Å²) in [6, 6.07) is 18.3. The molecule has 1 saturated heterocycles. The van der Waals surface area contributed by atoms with Crippen molar-refractivity contribution in [3.63, 3.8) is 0 Å². The van der Waals surface area contributed by atoms with Crippen molar-refractivity contribution in [1.82, 2.24) is 0 Å². The predicted octanol–water partition coefficient (Wildman–Crippen LogP) is 5.41. The van der Waals surface area contributed by atoms with Crippen LogP contribution in [-0.2, 0) is 4.79 Å². The third-order valence-corrected chi connectivity index (χ3v) is 5.25. The molecule has 1 aliphatic rings. The second kappa shape index (κ2) is 10.1. The molecule has 136 valence electrons. The molecule has 1 amide bonds. The molecular weight excluding hydrogens is 340 g/mol. The van der Waals surface area contributed by atoms with Gasteiger partial charge in [0.2, 0.25) is 5.91 Å². The molecule has 1 aliphatic heterocycles. The Morgan fingerprint density at radius 3 is 2.54 bits per heavy atom. The van der Waals surface area contributed by atoms with Gasteiger partial charge in [-0.2, -0.15) is 0 Å². The van der Waals surface area contributed by atoms with Gasteiger partial charge in [0.1, 0.15) is 0 Å². The van der Waals surface area contributed by atoms with Gasteiger partial charge < -0.3 is 10.2 Å². The number of amides is 1. The molecule has 0 bridgehead atoms. The fourth-order valence-corrected chi connectivity index (χ4v) is 3.81. The number of anilines is 2. The van der Waals surface area contributed by atoms with E-state index in [4.69, 9.17) is 0 Å². The molecule has 0 aliphatic carbocycles. The fourth-order valence-electron chi connectivity index (χ4n) is 3.11. The molecular formula is C22H26N2OS. The average molecular weight is 367 g/mol. The second-order valence-corrected chi connectivity index (χ2v) is 7.46. The molecule has 1 N–H and O–H groups in total. The van der Waals surface area contributed by atoms with Gasteiger partial charge in [0.25, 0.3) is 0 Å². The van der Waals surface area contributed by atoms with Crippen LogP contribution in [0.25, 0.3) is 6.08 Å². The lowest BCUT2D eigenvalue weighted by atomic mass is 10.1. The van der Waals surface area contributed by atoms with Crippen LogP contribution in [0.15, 0.2) is 60.0 Å². The number of para-hydroxylation sites is 2. The molecule has 0 saturated carbocycles. The zero-order chi connectivity index (χ0) is 18.0. The summed E-state index contributed by atoms with van der Waals surface area (Å²) in [5.41, 5.74) is 3.27. The van der Waals surface area contributed by atoms with Crippen LogP contribution in [0.4, 0.5) is 11.4 Å². The van der Waals surface area contributed by atoms with Gasteiger partial charge in [0, 0.05) is 25.3 Å². The zero-order valence-corrected chi connectivity index (χ0v) is 15.9. The molecule has 2 aromatic carbocycles. The molecule has 0 atom stereocenters. The van der Waals surface area contributed by atoms with Crippen LogP contribution in [0.5, 0.6) is 0 Å². The van der Waals surface area contributed by atoms with Gasteiger partial charge in [-0.15, -0.1) is 11.8 Å². The number of carbonyl (C=O) groups excluding carboxylic acids is 1. The summed E-state index contributed by atoms with van der Waals surface area (Å²) in [4.78, 5) is 14.7. The second-order valence-electron chi connectivity index (χ2n) is 6.45. The van der Waals surface area contributed by atoms with Crippen molar-refractivity contribution in [2.24, 2.45) is 0 Å². The first kappa shape index (κ1) is 18.6. The maximum Gasteiger partial charge on any atom is 0.225 e. The van der Waals surface area contributed by atoms with Crippen LogP contribution in [-0.4, -0.2) is 24.7 Å². The molecule has 1 fully saturated rings. The highest BCUT2D eigenvalue weighted by molar-refractivity contribution is 8.02. The Morgan fingerprint density at radius 2 is 1.73 bits per heavy atom. The molecule has 0 unspecified atom stereocenters. The van der Waals surface area contributed by atoms with Crippen molar-refractivity contribution in [1.29, 1.82) is 0 Å². The van der Waals surface area contributed by atoms with Crippen LogP contribution >= 0.6 is 11.8 Å². The molecule has 2 aromatic rings. The molecule has 0 aromatic heterocycles. The average Bonchev–Trinajstić information content (AvgIpc) is 2.70. The summed E-state index contributed by atoms with van der Waals surface area (Å²) < 4.78 is 0. The van der Waals surface area contributed by atoms with Gasteiger partial charge in [-0.25, -0.2) is 0 Å². The first-order valence-electron chi connectivity index (χ1n) is 9.30. The Morgan fingerprint density at radius 1 is 1.00 bits per heavy atom. The van der Waals surface area contributed by atoms with E-state index in [9.17, 15) is 4.79 Å². The van der Waals surface area contributed by atoms with Gasteiger partial charge in [-0.05, 0) is 48.4 Å². The number of hydrogen-bond acceptors (Lipinski definition) is 3. The molecule has 3 rings (SSSR count). The number of nitrogens with zero attached hydrogens (tertiary/aromatic N) is 1. The normalized spacial score (nSPS) is 14.5. The van der Waals surface area contributed by atoms with Crippen molar-refractivity contribution in [2.75, 3.05) is 29.1 Å². The van der Waals surface area contributed by atoms with Gasteiger partial charge in [-0.1, -0.05) is 42.5 Å². The predicted molar refractivity (Wildman–Crippen MR) is 114 cm³/mol. The number of rotatable bonds is 7. The van der Waals surface area contributed by atoms with E-state index >= 15 is 0 Å². The van der Waals surface area contributed by atoms with Gasteiger partial charge in [-0.3, -0.25) is 4.79 Å². The van der Waals surface area contributed by atoms with Crippen LogP contribution in [0.2, 0.25) is 0 Å². The lowest BCUT2D eigenvalue weighted by Crippen LogP contribution is -2.30. The first-order valence-corrected chi connectivity index (χ1v) is 10.3.